The number of oxime groups is 1. The number of aliphatic carboxylic acids is 1. The molecule has 4 heteroatoms. The van der Waals surface area contributed by atoms with E-state index < -0.39 is 5.97 Å². The minimum atomic E-state index is -0.912. The Balaban J connectivity index is 2.98. The standard InChI is InChI=1S/C10H15NO3/c1-6(2)8-4-3-7(11-14)5-9(8)10(12)13/h5-6,8,14H,3-4H2,1-2H3,(H,12,13)/b11-7-. The Kier molecular flexibility index (Phi) is 3.28. The van der Waals surface area contributed by atoms with E-state index in [1.807, 2.05) is 13.8 Å². The molecule has 4 nitrogen and oxygen atoms in total. The smallest absolute Gasteiger partial charge is 0.331 e. The van der Waals surface area contributed by atoms with E-state index in [9.17, 15) is 4.79 Å². The van der Waals surface area contributed by atoms with Crippen LogP contribution in [0.5, 0.6) is 0 Å². The molecule has 0 fully saturated rings. The molecule has 1 rings (SSSR count). The zero-order chi connectivity index (χ0) is 10.7. The maximum Gasteiger partial charge on any atom is 0.331 e. The van der Waals surface area contributed by atoms with Gasteiger partial charge >= 0.3 is 5.97 Å². The van der Waals surface area contributed by atoms with E-state index >= 15 is 0 Å². The van der Waals surface area contributed by atoms with Gasteiger partial charge in [0, 0.05) is 5.57 Å². The molecule has 1 aliphatic rings. The van der Waals surface area contributed by atoms with E-state index in [1.165, 1.54) is 6.08 Å². The minimum absolute atomic E-state index is 0.0676. The largest absolute Gasteiger partial charge is 0.478 e. The van der Waals surface area contributed by atoms with Crippen molar-refractivity contribution in [3.8, 4) is 0 Å². The van der Waals surface area contributed by atoms with Crippen molar-refractivity contribution >= 4 is 11.7 Å². The van der Waals surface area contributed by atoms with Crippen molar-refractivity contribution in [1.29, 1.82) is 0 Å². The van der Waals surface area contributed by atoms with E-state index in [4.69, 9.17) is 10.3 Å². The number of nitrogens with zero attached hydrogens (tertiary/aromatic N) is 1. The first-order valence-electron chi connectivity index (χ1n) is 4.72. The number of carboxylic acids is 1. The van der Waals surface area contributed by atoms with Gasteiger partial charge in [0.1, 0.15) is 0 Å². The molecule has 0 aliphatic heterocycles. The van der Waals surface area contributed by atoms with Crippen LogP contribution in [0.25, 0.3) is 0 Å². The highest BCUT2D eigenvalue weighted by Crippen LogP contribution is 2.30. The number of hydrogen-bond acceptors (Lipinski definition) is 3. The Morgan fingerprint density at radius 2 is 2.29 bits per heavy atom. The van der Waals surface area contributed by atoms with Gasteiger partial charge < -0.3 is 10.3 Å². The molecule has 0 spiro atoms. The van der Waals surface area contributed by atoms with E-state index in [-0.39, 0.29) is 5.92 Å². The van der Waals surface area contributed by atoms with Crippen LogP contribution < -0.4 is 0 Å². The number of carboxylic acid groups (broad SMARTS) is 1. The molecule has 0 radical (unpaired) electrons. The first-order valence-corrected chi connectivity index (χ1v) is 4.72. The van der Waals surface area contributed by atoms with Crippen molar-refractivity contribution < 1.29 is 15.1 Å². The lowest BCUT2D eigenvalue weighted by Gasteiger charge is -2.25. The average molecular weight is 197 g/mol. The highest BCUT2D eigenvalue weighted by molar-refractivity contribution is 6.03. The van der Waals surface area contributed by atoms with Gasteiger partial charge in [0.25, 0.3) is 0 Å². The molecule has 1 atom stereocenters. The van der Waals surface area contributed by atoms with Crippen molar-refractivity contribution in [3.63, 3.8) is 0 Å². The minimum Gasteiger partial charge on any atom is -0.478 e. The van der Waals surface area contributed by atoms with E-state index in [0.29, 0.717) is 23.6 Å². The second-order valence-corrected chi connectivity index (χ2v) is 3.89. The van der Waals surface area contributed by atoms with Gasteiger partial charge in [0.15, 0.2) is 0 Å². The molecule has 0 aromatic heterocycles. The molecule has 0 saturated carbocycles. The van der Waals surface area contributed by atoms with Gasteiger partial charge in [-0.1, -0.05) is 19.0 Å². The molecule has 0 bridgehead atoms. The van der Waals surface area contributed by atoms with E-state index in [1.54, 1.807) is 0 Å². The van der Waals surface area contributed by atoms with Crippen molar-refractivity contribution in [2.75, 3.05) is 0 Å². The second-order valence-electron chi connectivity index (χ2n) is 3.89. The van der Waals surface area contributed by atoms with Crippen LogP contribution in [-0.4, -0.2) is 22.0 Å². The summed E-state index contributed by atoms with van der Waals surface area (Å²) in [7, 11) is 0. The zero-order valence-electron chi connectivity index (χ0n) is 8.40. The fraction of sp³-hybridized carbons (Fsp3) is 0.600. The molecule has 0 heterocycles. The summed E-state index contributed by atoms with van der Waals surface area (Å²) >= 11 is 0. The second kappa shape index (κ2) is 4.26. The monoisotopic (exact) mass is 197 g/mol. The zero-order valence-corrected chi connectivity index (χ0v) is 8.40. The Hall–Kier alpha value is -1.32. The van der Waals surface area contributed by atoms with Crippen molar-refractivity contribution in [2.45, 2.75) is 26.7 Å². The van der Waals surface area contributed by atoms with Gasteiger partial charge in [-0.25, -0.2) is 4.79 Å². The van der Waals surface area contributed by atoms with Crippen LogP contribution in [-0.2, 0) is 4.79 Å². The lowest BCUT2D eigenvalue weighted by molar-refractivity contribution is -0.133. The summed E-state index contributed by atoms with van der Waals surface area (Å²) in [6, 6.07) is 0. The van der Waals surface area contributed by atoms with Crippen LogP contribution in [0.1, 0.15) is 26.7 Å². The fourth-order valence-electron chi connectivity index (χ4n) is 1.81. The van der Waals surface area contributed by atoms with Crippen LogP contribution in [0.4, 0.5) is 0 Å². The maximum absolute atomic E-state index is 10.9. The molecule has 0 saturated heterocycles. The van der Waals surface area contributed by atoms with Crippen LogP contribution in [0.15, 0.2) is 16.8 Å². The number of rotatable bonds is 2. The molecule has 78 valence electrons. The fourth-order valence-corrected chi connectivity index (χ4v) is 1.81. The van der Waals surface area contributed by atoms with E-state index in [0.717, 1.165) is 6.42 Å². The predicted octanol–water partition coefficient (Wildman–Crippen LogP) is 1.89. The van der Waals surface area contributed by atoms with Gasteiger partial charge in [-0.3, -0.25) is 0 Å². The van der Waals surface area contributed by atoms with Crippen LogP contribution in [0.3, 0.4) is 0 Å². The van der Waals surface area contributed by atoms with Crippen LogP contribution >= 0.6 is 0 Å². The van der Waals surface area contributed by atoms with Gasteiger partial charge in [0.2, 0.25) is 0 Å². The Morgan fingerprint density at radius 1 is 1.64 bits per heavy atom. The summed E-state index contributed by atoms with van der Waals surface area (Å²) in [6.45, 7) is 4.01. The highest BCUT2D eigenvalue weighted by Gasteiger charge is 2.27. The average Bonchev–Trinajstić information content (AvgIpc) is 2.16. The first-order chi connectivity index (χ1) is 6.56. The number of allylic oxidation sites excluding steroid dienone is 1. The first kappa shape index (κ1) is 10.8. The topological polar surface area (TPSA) is 69.9 Å². The molecular weight excluding hydrogens is 182 g/mol. The molecule has 0 aromatic carbocycles. The van der Waals surface area contributed by atoms with Crippen molar-refractivity contribution in [1.82, 2.24) is 0 Å². The van der Waals surface area contributed by atoms with Crippen molar-refractivity contribution in [3.05, 3.63) is 11.6 Å². The third-order valence-corrected chi connectivity index (χ3v) is 2.61. The number of hydrogen-bond donors (Lipinski definition) is 2. The predicted molar refractivity (Wildman–Crippen MR) is 52.5 cm³/mol. The summed E-state index contributed by atoms with van der Waals surface area (Å²) in [5.74, 6) is -0.542. The lowest BCUT2D eigenvalue weighted by Crippen LogP contribution is -2.23. The Labute approximate surface area is 82.9 Å². The summed E-state index contributed by atoms with van der Waals surface area (Å²) in [5.41, 5.74) is 0.818. The quantitative estimate of drug-likeness (QED) is 0.524. The molecule has 1 unspecified atom stereocenters. The third-order valence-electron chi connectivity index (χ3n) is 2.61. The maximum atomic E-state index is 10.9. The van der Waals surface area contributed by atoms with Crippen LogP contribution in [0.2, 0.25) is 0 Å². The molecule has 0 amide bonds. The lowest BCUT2D eigenvalue weighted by atomic mass is 9.79. The molecule has 0 aromatic rings. The summed E-state index contributed by atoms with van der Waals surface area (Å²) < 4.78 is 0. The van der Waals surface area contributed by atoms with Gasteiger partial charge in [-0.05, 0) is 30.8 Å². The van der Waals surface area contributed by atoms with Gasteiger partial charge in [-0.2, -0.15) is 0 Å². The van der Waals surface area contributed by atoms with Crippen LogP contribution in [0, 0.1) is 11.8 Å². The SMILES string of the molecule is CC(C)C1CC/C(=N/O)C=C1C(=O)O. The molecule has 14 heavy (non-hydrogen) atoms. The summed E-state index contributed by atoms with van der Waals surface area (Å²) in [5, 5.41) is 20.6. The summed E-state index contributed by atoms with van der Waals surface area (Å²) in [4.78, 5) is 10.9. The van der Waals surface area contributed by atoms with Crippen molar-refractivity contribution in [2.24, 2.45) is 17.0 Å². The molecular formula is C10H15NO3. The number of carbonyl (C=O) groups is 1. The Morgan fingerprint density at radius 3 is 2.71 bits per heavy atom. The Bertz CT molecular complexity index is 292. The third kappa shape index (κ3) is 2.13. The normalized spacial score (nSPS) is 25.2. The van der Waals surface area contributed by atoms with E-state index in [2.05, 4.69) is 5.16 Å². The van der Waals surface area contributed by atoms with Gasteiger partial charge in [-0.15, -0.1) is 0 Å². The highest BCUT2D eigenvalue weighted by atomic mass is 16.4. The molecule has 1 aliphatic carbocycles. The molecule has 2 N–H and O–H groups in total. The summed E-state index contributed by atoms with van der Waals surface area (Å²) in [6.07, 6.45) is 2.88. The van der Waals surface area contributed by atoms with Gasteiger partial charge in [0.05, 0.1) is 5.71 Å².